The van der Waals surface area contributed by atoms with Gasteiger partial charge in [0.15, 0.2) is 5.69 Å². The Morgan fingerprint density at radius 3 is 2.41 bits per heavy atom. The summed E-state index contributed by atoms with van der Waals surface area (Å²) in [4.78, 5) is 48.1. The number of carbonyl (C=O) groups excluding carboxylic acids is 3. The normalized spacial score (nSPS) is 10.2. The van der Waals surface area contributed by atoms with Crippen LogP contribution in [0.5, 0.6) is 0 Å². The first-order chi connectivity index (χ1) is 12.9. The van der Waals surface area contributed by atoms with E-state index in [0.717, 1.165) is 16.3 Å². The van der Waals surface area contributed by atoms with Gasteiger partial charge in [0.05, 0.1) is 24.6 Å². The number of aromatic nitrogens is 2. The highest BCUT2D eigenvalue weighted by atomic mass is 16.5. The SMILES string of the molecule is CCOC(=O)C(=O)Nc1cc(=O)n(-c2ccccc2C)nc1C(=O)OCC. The molecule has 0 saturated heterocycles. The van der Waals surface area contributed by atoms with Gasteiger partial charge in [-0.1, -0.05) is 18.2 Å². The standard InChI is InChI=1S/C18H19N3O6/c1-4-26-17(24)15-12(19-16(23)18(25)27-5-2)10-14(22)21(20-15)13-9-7-6-8-11(13)3/h6-10H,4-5H2,1-3H3,(H,19,23). The molecular weight excluding hydrogens is 354 g/mol. The van der Waals surface area contributed by atoms with Gasteiger partial charge in [0.1, 0.15) is 0 Å². The Morgan fingerprint density at radius 1 is 1.11 bits per heavy atom. The predicted octanol–water partition coefficient (Wildman–Crippen LogP) is 1.22. The molecule has 27 heavy (non-hydrogen) atoms. The second-order valence-electron chi connectivity index (χ2n) is 5.34. The van der Waals surface area contributed by atoms with Gasteiger partial charge in [0.25, 0.3) is 5.56 Å². The molecule has 1 aromatic heterocycles. The second-order valence-corrected chi connectivity index (χ2v) is 5.34. The minimum atomic E-state index is -1.14. The maximum absolute atomic E-state index is 12.5. The molecule has 1 N–H and O–H groups in total. The number of nitrogens with one attached hydrogen (secondary N) is 1. The topological polar surface area (TPSA) is 117 Å². The average Bonchev–Trinajstić information content (AvgIpc) is 2.63. The van der Waals surface area contributed by atoms with Crippen molar-refractivity contribution in [3.63, 3.8) is 0 Å². The molecule has 9 heteroatoms. The molecule has 0 aliphatic carbocycles. The highest BCUT2D eigenvalue weighted by molar-refractivity contribution is 6.37. The first kappa shape index (κ1) is 19.8. The molecule has 142 valence electrons. The number of hydrogen-bond acceptors (Lipinski definition) is 7. The van der Waals surface area contributed by atoms with E-state index in [1.807, 2.05) is 0 Å². The molecule has 1 heterocycles. The van der Waals surface area contributed by atoms with E-state index in [9.17, 15) is 19.2 Å². The Bertz CT molecular complexity index is 935. The van der Waals surface area contributed by atoms with Crippen LogP contribution in [-0.4, -0.2) is 40.8 Å². The largest absolute Gasteiger partial charge is 0.461 e. The van der Waals surface area contributed by atoms with Crippen molar-refractivity contribution in [3.8, 4) is 5.69 Å². The molecule has 0 unspecified atom stereocenters. The number of amides is 1. The van der Waals surface area contributed by atoms with E-state index in [1.165, 1.54) is 0 Å². The number of esters is 2. The van der Waals surface area contributed by atoms with Crippen LogP contribution < -0.4 is 10.9 Å². The van der Waals surface area contributed by atoms with Crippen molar-refractivity contribution in [3.05, 3.63) is 51.9 Å². The summed E-state index contributed by atoms with van der Waals surface area (Å²) in [5.41, 5.74) is 0.0803. The van der Waals surface area contributed by atoms with Gasteiger partial charge in [-0.3, -0.25) is 9.59 Å². The number of benzene rings is 1. The predicted molar refractivity (Wildman–Crippen MR) is 95.8 cm³/mol. The second kappa shape index (κ2) is 8.75. The van der Waals surface area contributed by atoms with Gasteiger partial charge in [-0.2, -0.15) is 9.78 Å². The molecule has 0 aliphatic rings. The van der Waals surface area contributed by atoms with Crippen LogP contribution in [-0.2, 0) is 19.1 Å². The van der Waals surface area contributed by atoms with E-state index in [1.54, 1.807) is 45.0 Å². The Morgan fingerprint density at radius 2 is 1.78 bits per heavy atom. The molecular formula is C18H19N3O6. The van der Waals surface area contributed by atoms with Crippen molar-refractivity contribution in [2.45, 2.75) is 20.8 Å². The van der Waals surface area contributed by atoms with Crippen LogP contribution in [0.2, 0.25) is 0 Å². The summed E-state index contributed by atoms with van der Waals surface area (Å²) in [5, 5.41) is 6.22. The lowest BCUT2D eigenvalue weighted by Crippen LogP contribution is -2.30. The Labute approximate surface area is 154 Å². The van der Waals surface area contributed by atoms with Crippen LogP contribution in [0.4, 0.5) is 5.69 Å². The monoisotopic (exact) mass is 373 g/mol. The third kappa shape index (κ3) is 4.57. The van der Waals surface area contributed by atoms with Gasteiger partial charge < -0.3 is 14.8 Å². The highest BCUT2D eigenvalue weighted by Crippen LogP contribution is 2.15. The summed E-state index contributed by atoms with van der Waals surface area (Å²) in [6.45, 7) is 5.00. The third-order valence-corrected chi connectivity index (χ3v) is 3.45. The number of carbonyl (C=O) groups is 3. The van der Waals surface area contributed by atoms with Crippen LogP contribution in [0.1, 0.15) is 29.9 Å². The average molecular weight is 373 g/mol. The van der Waals surface area contributed by atoms with Crippen LogP contribution in [0.25, 0.3) is 5.69 Å². The third-order valence-electron chi connectivity index (χ3n) is 3.45. The maximum atomic E-state index is 12.5. The van der Waals surface area contributed by atoms with Crippen molar-refractivity contribution < 1.29 is 23.9 Å². The van der Waals surface area contributed by atoms with E-state index in [4.69, 9.17) is 4.74 Å². The molecule has 2 aromatic rings. The van der Waals surface area contributed by atoms with Gasteiger partial charge in [0, 0.05) is 6.07 Å². The Balaban J connectivity index is 2.54. The summed E-state index contributed by atoms with van der Waals surface area (Å²) < 4.78 is 10.6. The van der Waals surface area contributed by atoms with Crippen molar-refractivity contribution in [2.24, 2.45) is 0 Å². The van der Waals surface area contributed by atoms with E-state index in [0.29, 0.717) is 5.69 Å². The smallest absolute Gasteiger partial charge is 0.397 e. The molecule has 0 saturated carbocycles. The number of nitrogens with zero attached hydrogens (tertiary/aromatic N) is 2. The van der Waals surface area contributed by atoms with Crippen molar-refractivity contribution in [1.82, 2.24) is 9.78 Å². The van der Waals surface area contributed by atoms with Gasteiger partial charge >= 0.3 is 17.8 Å². The fourth-order valence-corrected chi connectivity index (χ4v) is 2.25. The summed E-state index contributed by atoms with van der Waals surface area (Å²) in [6.07, 6.45) is 0. The number of para-hydroxylation sites is 1. The number of ether oxygens (including phenoxy) is 2. The molecule has 0 fully saturated rings. The zero-order valence-electron chi connectivity index (χ0n) is 15.1. The lowest BCUT2D eigenvalue weighted by molar-refractivity contribution is -0.152. The number of rotatable bonds is 5. The Hall–Kier alpha value is -3.49. The van der Waals surface area contributed by atoms with E-state index in [-0.39, 0.29) is 24.6 Å². The lowest BCUT2D eigenvalue weighted by Gasteiger charge is -2.13. The van der Waals surface area contributed by atoms with Gasteiger partial charge in [-0.05, 0) is 32.4 Å². The first-order valence-corrected chi connectivity index (χ1v) is 8.24. The Kier molecular flexibility index (Phi) is 6.42. The van der Waals surface area contributed by atoms with E-state index < -0.39 is 23.4 Å². The van der Waals surface area contributed by atoms with Crippen molar-refractivity contribution >= 4 is 23.5 Å². The van der Waals surface area contributed by atoms with Crippen molar-refractivity contribution in [1.29, 1.82) is 0 Å². The van der Waals surface area contributed by atoms with Crippen LogP contribution >= 0.6 is 0 Å². The van der Waals surface area contributed by atoms with Gasteiger partial charge in [-0.15, -0.1) is 0 Å². The molecule has 0 bridgehead atoms. The fourth-order valence-electron chi connectivity index (χ4n) is 2.25. The van der Waals surface area contributed by atoms with Gasteiger partial charge in [-0.25, -0.2) is 9.59 Å². The molecule has 1 amide bonds. The summed E-state index contributed by atoms with van der Waals surface area (Å²) in [6, 6.07) is 7.96. The van der Waals surface area contributed by atoms with Crippen LogP contribution in [0.15, 0.2) is 35.1 Å². The number of hydrogen-bond donors (Lipinski definition) is 1. The minimum Gasteiger partial charge on any atom is -0.461 e. The summed E-state index contributed by atoms with van der Waals surface area (Å²) >= 11 is 0. The number of anilines is 1. The lowest BCUT2D eigenvalue weighted by atomic mass is 10.2. The van der Waals surface area contributed by atoms with Crippen molar-refractivity contribution in [2.75, 3.05) is 18.5 Å². The molecule has 0 spiro atoms. The molecule has 0 atom stereocenters. The highest BCUT2D eigenvalue weighted by Gasteiger charge is 2.23. The molecule has 0 aliphatic heterocycles. The van der Waals surface area contributed by atoms with Crippen LogP contribution in [0, 0.1) is 6.92 Å². The summed E-state index contributed by atoms with van der Waals surface area (Å²) in [7, 11) is 0. The van der Waals surface area contributed by atoms with E-state index >= 15 is 0 Å². The zero-order valence-corrected chi connectivity index (χ0v) is 15.1. The quantitative estimate of drug-likeness (QED) is 0.618. The molecule has 0 radical (unpaired) electrons. The maximum Gasteiger partial charge on any atom is 0.397 e. The summed E-state index contributed by atoms with van der Waals surface area (Å²) in [5.74, 6) is -3.12. The first-order valence-electron chi connectivity index (χ1n) is 8.24. The number of aryl methyl sites for hydroxylation is 1. The molecule has 1 aromatic carbocycles. The van der Waals surface area contributed by atoms with Gasteiger partial charge in [0.2, 0.25) is 0 Å². The fraction of sp³-hybridized carbons (Fsp3) is 0.278. The van der Waals surface area contributed by atoms with E-state index in [2.05, 4.69) is 15.2 Å². The zero-order chi connectivity index (χ0) is 20.0. The molecule has 2 rings (SSSR count). The molecule has 9 nitrogen and oxygen atoms in total. The van der Waals surface area contributed by atoms with Crippen LogP contribution in [0.3, 0.4) is 0 Å². The minimum absolute atomic E-state index is 0.00408.